The Labute approximate surface area is 88.5 Å². The summed E-state index contributed by atoms with van der Waals surface area (Å²) in [6, 6.07) is 0. The maximum absolute atomic E-state index is 1.59. The van der Waals surface area contributed by atoms with Gasteiger partial charge in [-0.2, -0.15) is 0 Å². The molecule has 3 fully saturated rings. The van der Waals surface area contributed by atoms with E-state index in [0.29, 0.717) is 0 Å². The second kappa shape index (κ2) is 3.87. The zero-order valence-corrected chi connectivity index (χ0v) is 9.38. The molecule has 0 saturated heterocycles. The van der Waals surface area contributed by atoms with Gasteiger partial charge in [0.1, 0.15) is 0 Å². The first kappa shape index (κ1) is 9.24. The predicted molar refractivity (Wildman–Crippen MR) is 60.1 cm³/mol. The van der Waals surface area contributed by atoms with E-state index in [0.717, 1.165) is 17.8 Å². The molecular weight excluding hydrogens is 168 g/mol. The van der Waals surface area contributed by atoms with Gasteiger partial charge in [-0.15, -0.1) is 0 Å². The van der Waals surface area contributed by atoms with E-state index in [9.17, 15) is 0 Å². The summed E-state index contributed by atoms with van der Waals surface area (Å²) in [5, 5.41) is 0. The van der Waals surface area contributed by atoms with E-state index in [1.54, 1.807) is 64.2 Å². The van der Waals surface area contributed by atoms with Gasteiger partial charge in [0.25, 0.3) is 0 Å². The Morgan fingerprint density at radius 2 is 0.786 bits per heavy atom. The molecule has 2 unspecified atom stereocenters. The molecule has 3 aliphatic carbocycles. The number of rotatable bonds is 0. The van der Waals surface area contributed by atoms with Crippen molar-refractivity contribution in [2.75, 3.05) is 0 Å². The standard InChI is InChI=1S/C14H24/c1-3-7-12-9-10-13-8-4-2-6-11(5-1)14(12)13/h11-14H,1-10H2. The lowest BCUT2D eigenvalue weighted by atomic mass is 9.77. The normalized spacial score (nSPS) is 48.0. The molecule has 80 valence electrons. The largest absolute Gasteiger partial charge is 0.0530 e. The molecule has 0 spiro atoms. The van der Waals surface area contributed by atoms with Crippen LogP contribution in [0.1, 0.15) is 64.2 Å². The second-order valence-electron chi connectivity index (χ2n) is 6.00. The van der Waals surface area contributed by atoms with Crippen LogP contribution in [0.3, 0.4) is 0 Å². The Balaban J connectivity index is 1.83. The van der Waals surface area contributed by atoms with Gasteiger partial charge >= 0.3 is 0 Å². The van der Waals surface area contributed by atoms with Gasteiger partial charge in [0, 0.05) is 0 Å². The molecule has 0 radical (unpaired) electrons. The minimum Gasteiger partial charge on any atom is -0.0530 e. The molecule has 0 heteroatoms. The fraction of sp³-hybridized carbons (Fsp3) is 1.00. The summed E-state index contributed by atoms with van der Waals surface area (Å²) in [6.07, 6.45) is 15.7. The number of hydrogen-bond acceptors (Lipinski definition) is 0. The Kier molecular flexibility index (Phi) is 2.55. The van der Waals surface area contributed by atoms with E-state index in [2.05, 4.69) is 0 Å². The third kappa shape index (κ3) is 1.51. The van der Waals surface area contributed by atoms with Crippen molar-refractivity contribution in [3.05, 3.63) is 0 Å². The fourth-order valence-corrected chi connectivity index (χ4v) is 4.80. The summed E-state index contributed by atoms with van der Waals surface area (Å²) < 4.78 is 0. The molecule has 2 atom stereocenters. The molecule has 0 heterocycles. The molecule has 3 saturated carbocycles. The molecule has 0 aliphatic heterocycles. The highest BCUT2D eigenvalue weighted by Gasteiger charge is 2.41. The fourth-order valence-electron chi connectivity index (χ4n) is 4.80. The smallest absolute Gasteiger partial charge is 0.0329 e. The zero-order valence-electron chi connectivity index (χ0n) is 9.38. The average Bonchev–Trinajstić information content (AvgIpc) is 2.37. The van der Waals surface area contributed by atoms with Crippen LogP contribution in [0.2, 0.25) is 0 Å². The monoisotopic (exact) mass is 192 g/mol. The molecule has 0 aromatic carbocycles. The Bertz CT molecular complexity index is 176. The summed E-state index contributed by atoms with van der Waals surface area (Å²) in [7, 11) is 0. The summed E-state index contributed by atoms with van der Waals surface area (Å²) >= 11 is 0. The SMILES string of the molecule is C1CCC2CCC3CCCCC(C1)C23. The minimum atomic E-state index is 1.15. The molecule has 0 amide bonds. The van der Waals surface area contributed by atoms with Gasteiger partial charge in [0.05, 0.1) is 0 Å². The molecule has 0 bridgehead atoms. The Morgan fingerprint density at radius 3 is 1.21 bits per heavy atom. The Morgan fingerprint density at radius 1 is 0.429 bits per heavy atom. The first-order valence-corrected chi connectivity index (χ1v) is 6.95. The van der Waals surface area contributed by atoms with Gasteiger partial charge in [-0.25, -0.2) is 0 Å². The van der Waals surface area contributed by atoms with Crippen LogP contribution >= 0.6 is 0 Å². The summed E-state index contributed by atoms with van der Waals surface area (Å²) in [5.41, 5.74) is 0. The first-order chi connectivity index (χ1) is 6.95. The van der Waals surface area contributed by atoms with Gasteiger partial charge in [0.15, 0.2) is 0 Å². The van der Waals surface area contributed by atoms with Crippen molar-refractivity contribution in [2.45, 2.75) is 64.2 Å². The maximum atomic E-state index is 1.59. The van der Waals surface area contributed by atoms with E-state index in [-0.39, 0.29) is 0 Å². The molecule has 0 aromatic heterocycles. The van der Waals surface area contributed by atoms with Crippen LogP contribution in [0, 0.1) is 23.7 Å². The highest BCUT2D eigenvalue weighted by atomic mass is 14.5. The first-order valence-electron chi connectivity index (χ1n) is 6.95. The van der Waals surface area contributed by atoms with Crippen LogP contribution < -0.4 is 0 Å². The van der Waals surface area contributed by atoms with Crippen molar-refractivity contribution < 1.29 is 0 Å². The molecule has 0 nitrogen and oxygen atoms in total. The molecule has 0 aromatic rings. The topological polar surface area (TPSA) is 0 Å². The van der Waals surface area contributed by atoms with Crippen LogP contribution in [0.15, 0.2) is 0 Å². The van der Waals surface area contributed by atoms with Gasteiger partial charge < -0.3 is 0 Å². The van der Waals surface area contributed by atoms with E-state index in [4.69, 9.17) is 0 Å². The molecular formula is C14H24. The van der Waals surface area contributed by atoms with Crippen LogP contribution in [-0.2, 0) is 0 Å². The van der Waals surface area contributed by atoms with Crippen molar-refractivity contribution in [2.24, 2.45) is 23.7 Å². The van der Waals surface area contributed by atoms with Gasteiger partial charge in [-0.1, -0.05) is 51.4 Å². The molecule has 3 rings (SSSR count). The van der Waals surface area contributed by atoms with Crippen molar-refractivity contribution in [1.29, 1.82) is 0 Å². The highest BCUT2D eigenvalue weighted by Crippen LogP contribution is 2.52. The summed E-state index contributed by atoms with van der Waals surface area (Å²) in [4.78, 5) is 0. The van der Waals surface area contributed by atoms with E-state index >= 15 is 0 Å². The average molecular weight is 192 g/mol. The minimum absolute atomic E-state index is 1.15. The van der Waals surface area contributed by atoms with Crippen molar-refractivity contribution >= 4 is 0 Å². The zero-order chi connectivity index (χ0) is 9.38. The maximum Gasteiger partial charge on any atom is -0.0329 e. The van der Waals surface area contributed by atoms with Gasteiger partial charge in [-0.3, -0.25) is 0 Å². The quantitative estimate of drug-likeness (QED) is 0.534. The predicted octanol–water partition coefficient (Wildman–Crippen LogP) is 4.39. The lowest BCUT2D eigenvalue weighted by molar-refractivity contribution is 0.208. The van der Waals surface area contributed by atoms with Crippen LogP contribution in [-0.4, -0.2) is 0 Å². The summed E-state index contributed by atoms with van der Waals surface area (Å²) in [5.74, 6) is 4.65. The van der Waals surface area contributed by atoms with Gasteiger partial charge in [-0.05, 0) is 36.5 Å². The molecule has 3 aliphatic rings. The van der Waals surface area contributed by atoms with Crippen LogP contribution in [0.5, 0.6) is 0 Å². The lowest BCUT2D eigenvalue weighted by Gasteiger charge is -2.28. The third-order valence-electron chi connectivity index (χ3n) is 5.34. The van der Waals surface area contributed by atoms with Crippen molar-refractivity contribution in [3.8, 4) is 0 Å². The van der Waals surface area contributed by atoms with Crippen molar-refractivity contribution in [1.82, 2.24) is 0 Å². The van der Waals surface area contributed by atoms with Crippen LogP contribution in [0.25, 0.3) is 0 Å². The molecule has 14 heavy (non-hydrogen) atoms. The lowest BCUT2D eigenvalue weighted by Crippen LogP contribution is -2.21. The third-order valence-corrected chi connectivity index (χ3v) is 5.34. The van der Waals surface area contributed by atoms with Gasteiger partial charge in [0.2, 0.25) is 0 Å². The molecule has 0 N–H and O–H groups in total. The van der Waals surface area contributed by atoms with Crippen LogP contribution in [0.4, 0.5) is 0 Å². The van der Waals surface area contributed by atoms with E-state index < -0.39 is 0 Å². The summed E-state index contributed by atoms with van der Waals surface area (Å²) in [6.45, 7) is 0. The second-order valence-corrected chi connectivity index (χ2v) is 6.00. The number of hydrogen-bond donors (Lipinski definition) is 0. The Hall–Kier alpha value is 0. The van der Waals surface area contributed by atoms with Crippen molar-refractivity contribution in [3.63, 3.8) is 0 Å². The van der Waals surface area contributed by atoms with E-state index in [1.807, 2.05) is 0 Å². The highest BCUT2D eigenvalue weighted by molar-refractivity contribution is 4.92. The van der Waals surface area contributed by atoms with E-state index in [1.165, 1.54) is 5.92 Å².